The average molecular weight is 595 g/mol. The summed E-state index contributed by atoms with van der Waals surface area (Å²) in [7, 11) is 0. The van der Waals surface area contributed by atoms with Gasteiger partial charge in [-0.15, -0.1) is 12.6 Å². The van der Waals surface area contributed by atoms with Gasteiger partial charge in [0, 0.05) is 24.6 Å². The minimum absolute atomic E-state index is 0.0859. The molecule has 41 heavy (non-hydrogen) atoms. The number of halogens is 6. The molecule has 3 aromatic rings. The third-order valence-corrected chi connectivity index (χ3v) is 7.29. The number of ether oxygens (including phenoxy) is 1. The SMILES string of the molecule is CC1(C)C(=O)N(c2ccc(C#N)c(C(F)(F)F)c2)C(S)N1CCCOc1ccc(-c2ccncc2)cc1C(F)(F)F. The summed E-state index contributed by atoms with van der Waals surface area (Å²) in [5.41, 5.74) is -4.04. The Balaban J connectivity index is 1.49. The number of aromatic nitrogens is 1. The highest BCUT2D eigenvalue weighted by Crippen LogP contribution is 2.41. The molecule has 1 amide bonds. The molecule has 1 unspecified atom stereocenters. The van der Waals surface area contributed by atoms with E-state index in [-0.39, 0.29) is 31.0 Å². The predicted octanol–water partition coefficient (Wildman–Crippen LogP) is 6.77. The summed E-state index contributed by atoms with van der Waals surface area (Å²) in [6, 6.07) is 11.4. The second-order valence-corrected chi connectivity index (χ2v) is 10.2. The molecule has 216 valence electrons. The highest BCUT2D eigenvalue weighted by Gasteiger charge is 2.51. The van der Waals surface area contributed by atoms with E-state index in [0.29, 0.717) is 11.1 Å². The number of benzene rings is 2. The molecule has 0 bridgehead atoms. The number of amides is 1. The van der Waals surface area contributed by atoms with Crippen LogP contribution in [0.3, 0.4) is 0 Å². The van der Waals surface area contributed by atoms with Crippen LogP contribution < -0.4 is 9.64 Å². The first-order valence-electron chi connectivity index (χ1n) is 12.3. The Bertz CT molecular complexity index is 1470. The molecule has 0 N–H and O–H groups in total. The van der Waals surface area contributed by atoms with Crippen molar-refractivity contribution in [1.29, 1.82) is 5.26 Å². The average Bonchev–Trinajstić information content (AvgIpc) is 3.08. The van der Waals surface area contributed by atoms with Crippen molar-refractivity contribution in [3.05, 3.63) is 77.6 Å². The standard InChI is InChI=1S/C28H24F6N4O2S/c1-26(2)24(39)38(20-6-4-19(16-35)21(15-20)27(29,30)31)25(41)37(26)12-3-13-40-23-7-5-18(14-22(23)28(32,33)34)17-8-10-36-11-9-17/h4-11,14-15,25,41H,3,12-13H2,1-2H3. The highest BCUT2D eigenvalue weighted by atomic mass is 32.1. The van der Waals surface area contributed by atoms with Gasteiger partial charge in [-0.3, -0.25) is 19.6 Å². The molecule has 0 saturated carbocycles. The van der Waals surface area contributed by atoms with Crippen LogP contribution >= 0.6 is 12.6 Å². The minimum Gasteiger partial charge on any atom is -0.493 e. The van der Waals surface area contributed by atoms with Crippen molar-refractivity contribution in [2.45, 2.75) is 43.7 Å². The maximum Gasteiger partial charge on any atom is 0.419 e. The summed E-state index contributed by atoms with van der Waals surface area (Å²) in [5, 5.41) is 9.07. The second kappa shape index (κ2) is 11.3. The Morgan fingerprint density at radius 1 is 0.976 bits per heavy atom. The molecule has 0 aliphatic carbocycles. The van der Waals surface area contributed by atoms with Gasteiger partial charge in [0.15, 0.2) is 0 Å². The molecule has 1 aliphatic rings. The van der Waals surface area contributed by atoms with Crippen LogP contribution in [0.1, 0.15) is 37.0 Å². The first-order chi connectivity index (χ1) is 19.2. The van der Waals surface area contributed by atoms with Crippen LogP contribution in [0.2, 0.25) is 0 Å². The van der Waals surface area contributed by atoms with Gasteiger partial charge in [0.05, 0.1) is 34.9 Å². The number of hydrogen-bond donors (Lipinski definition) is 1. The summed E-state index contributed by atoms with van der Waals surface area (Å²) in [6.45, 7) is 3.16. The fraction of sp³-hybridized carbons (Fsp3) is 0.321. The molecule has 0 spiro atoms. The van der Waals surface area contributed by atoms with E-state index in [2.05, 4.69) is 17.6 Å². The van der Waals surface area contributed by atoms with E-state index in [9.17, 15) is 31.1 Å². The van der Waals surface area contributed by atoms with Crippen LogP contribution in [0.4, 0.5) is 32.0 Å². The van der Waals surface area contributed by atoms with Gasteiger partial charge in [-0.1, -0.05) is 6.07 Å². The van der Waals surface area contributed by atoms with Crippen molar-refractivity contribution in [3.63, 3.8) is 0 Å². The fourth-order valence-corrected chi connectivity index (χ4v) is 5.27. The number of thiol groups is 1. The molecule has 1 atom stereocenters. The Hall–Kier alpha value is -3.76. The Morgan fingerprint density at radius 2 is 1.63 bits per heavy atom. The largest absolute Gasteiger partial charge is 0.493 e. The number of nitriles is 1. The molecule has 1 saturated heterocycles. The molecule has 1 aliphatic heterocycles. The van der Waals surface area contributed by atoms with Gasteiger partial charge in [-0.05, 0) is 73.9 Å². The van der Waals surface area contributed by atoms with Crippen LogP contribution in [0.5, 0.6) is 5.75 Å². The van der Waals surface area contributed by atoms with Gasteiger partial charge in [0.25, 0.3) is 0 Å². The number of alkyl halides is 6. The van der Waals surface area contributed by atoms with Crippen LogP contribution in [0, 0.1) is 11.3 Å². The third-order valence-electron chi connectivity index (χ3n) is 6.78. The molecular weight excluding hydrogens is 570 g/mol. The Morgan fingerprint density at radius 3 is 2.24 bits per heavy atom. The van der Waals surface area contributed by atoms with Gasteiger partial charge in [0.1, 0.15) is 11.2 Å². The summed E-state index contributed by atoms with van der Waals surface area (Å²) in [5.74, 6) is -0.879. The number of rotatable bonds is 7. The Kier molecular flexibility index (Phi) is 8.29. The van der Waals surface area contributed by atoms with Crippen molar-refractivity contribution < 1.29 is 35.9 Å². The number of carbonyl (C=O) groups excluding carboxylic acids is 1. The van der Waals surface area contributed by atoms with Crippen molar-refractivity contribution >= 4 is 24.2 Å². The maximum absolute atomic E-state index is 13.8. The van der Waals surface area contributed by atoms with E-state index >= 15 is 0 Å². The maximum atomic E-state index is 13.8. The molecule has 4 rings (SSSR count). The normalized spacial score (nSPS) is 17.5. The van der Waals surface area contributed by atoms with Crippen LogP contribution in [-0.2, 0) is 17.1 Å². The Labute approximate surface area is 237 Å². The van der Waals surface area contributed by atoms with Crippen LogP contribution in [-0.4, -0.2) is 40.0 Å². The quantitative estimate of drug-likeness (QED) is 0.186. The summed E-state index contributed by atoms with van der Waals surface area (Å²) in [4.78, 5) is 19.8. The monoisotopic (exact) mass is 594 g/mol. The van der Waals surface area contributed by atoms with Gasteiger partial charge in [-0.25, -0.2) is 0 Å². The highest BCUT2D eigenvalue weighted by molar-refractivity contribution is 7.81. The van der Waals surface area contributed by atoms with Crippen molar-refractivity contribution in [2.75, 3.05) is 18.1 Å². The lowest BCUT2D eigenvalue weighted by molar-refractivity contribution is -0.139. The molecule has 1 fully saturated rings. The zero-order valence-electron chi connectivity index (χ0n) is 21.8. The number of carbonyl (C=O) groups is 1. The zero-order chi connectivity index (χ0) is 30.2. The second-order valence-electron chi connectivity index (χ2n) is 9.76. The zero-order valence-corrected chi connectivity index (χ0v) is 22.7. The molecule has 13 heteroatoms. The fourth-order valence-electron chi connectivity index (χ4n) is 4.63. The first kappa shape index (κ1) is 30.2. The topological polar surface area (TPSA) is 69.5 Å². The van der Waals surface area contributed by atoms with Gasteiger partial charge in [-0.2, -0.15) is 31.6 Å². The third kappa shape index (κ3) is 6.13. The lowest BCUT2D eigenvalue weighted by Gasteiger charge is -2.31. The number of hydrogen-bond acceptors (Lipinski definition) is 6. The van der Waals surface area contributed by atoms with Crippen molar-refractivity contribution in [1.82, 2.24) is 9.88 Å². The van der Waals surface area contributed by atoms with E-state index in [4.69, 9.17) is 10.00 Å². The van der Waals surface area contributed by atoms with E-state index in [1.807, 2.05) is 0 Å². The number of anilines is 1. The van der Waals surface area contributed by atoms with Gasteiger partial charge >= 0.3 is 12.4 Å². The smallest absolute Gasteiger partial charge is 0.419 e. The van der Waals surface area contributed by atoms with E-state index in [0.717, 1.165) is 23.1 Å². The molecule has 2 heterocycles. The van der Waals surface area contributed by atoms with E-state index in [1.54, 1.807) is 30.9 Å². The number of nitrogens with zero attached hydrogens (tertiary/aromatic N) is 4. The molecule has 1 aromatic heterocycles. The van der Waals surface area contributed by atoms with Gasteiger partial charge < -0.3 is 4.74 Å². The van der Waals surface area contributed by atoms with Crippen LogP contribution in [0.15, 0.2) is 60.9 Å². The predicted molar refractivity (Wildman–Crippen MR) is 142 cm³/mol. The minimum atomic E-state index is -4.81. The lowest BCUT2D eigenvalue weighted by atomic mass is 10.0. The summed E-state index contributed by atoms with van der Waals surface area (Å²) < 4.78 is 87.4. The molecule has 0 radical (unpaired) electrons. The molecule has 2 aromatic carbocycles. The van der Waals surface area contributed by atoms with Gasteiger partial charge in [0.2, 0.25) is 5.91 Å². The van der Waals surface area contributed by atoms with Crippen molar-refractivity contribution in [2.24, 2.45) is 0 Å². The van der Waals surface area contributed by atoms with E-state index < -0.39 is 46.0 Å². The van der Waals surface area contributed by atoms with E-state index in [1.165, 1.54) is 36.7 Å². The van der Waals surface area contributed by atoms with Crippen molar-refractivity contribution in [3.8, 4) is 22.9 Å². The number of pyridine rings is 1. The first-order valence-corrected chi connectivity index (χ1v) is 12.8. The summed E-state index contributed by atoms with van der Waals surface area (Å²) in [6.07, 6.45) is -6.34. The molecule has 6 nitrogen and oxygen atoms in total. The lowest BCUT2D eigenvalue weighted by Crippen LogP contribution is -2.45. The summed E-state index contributed by atoms with van der Waals surface area (Å²) >= 11 is 4.48. The van der Waals surface area contributed by atoms with Crippen LogP contribution in [0.25, 0.3) is 11.1 Å². The molecular formula is C28H24F6N4O2S.